The first-order valence-electron chi connectivity index (χ1n) is 5.93. The number of methoxy groups -OCH3 is 1. The number of benzene rings is 1. The Morgan fingerprint density at radius 3 is 2.95 bits per heavy atom. The van der Waals surface area contributed by atoms with Gasteiger partial charge in [0, 0.05) is 17.3 Å². The number of hydrogen-bond donors (Lipinski definition) is 3. The topological polar surface area (TPSA) is 99.6 Å². The van der Waals surface area contributed by atoms with E-state index in [4.69, 9.17) is 16.3 Å². The number of hydrogen-bond acceptors (Lipinski definition) is 6. The smallest absolute Gasteiger partial charge is 0.252 e. The van der Waals surface area contributed by atoms with Crippen LogP contribution in [-0.2, 0) is 0 Å². The number of aromatic hydroxyl groups is 1. The molecule has 0 saturated carbocycles. The minimum absolute atomic E-state index is 0.116. The van der Waals surface area contributed by atoms with Gasteiger partial charge in [-0.15, -0.1) is 0 Å². The normalized spacial score (nSPS) is 10.8. The second-order valence-corrected chi connectivity index (χ2v) is 4.50. The standard InChI is InChI=1S/C13H13ClN4O3/c1-7-5-10(19)17-13(16-7)18-15-6-8-3-4-9(21-2)12(20)11(8)14/h3-6,20H,1-2H3,(H2,16,17,18,19)/b15-6-. The molecule has 1 aromatic heterocycles. The summed E-state index contributed by atoms with van der Waals surface area (Å²) < 4.78 is 4.94. The van der Waals surface area contributed by atoms with Gasteiger partial charge in [0.15, 0.2) is 11.5 Å². The number of nitrogens with zero attached hydrogens (tertiary/aromatic N) is 2. The summed E-state index contributed by atoms with van der Waals surface area (Å²) in [7, 11) is 1.43. The zero-order valence-corrected chi connectivity index (χ0v) is 12.1. The summed E-state index contributed by atoms with van der Waals surface area (Å²) in [5, 5.41) is 13.8. The number of aryl methyl sites for hydroxylation is 1. The fourth-order valence-electron chi connectivity index (χ4n) is 1.62. The maximum atomic E-state index is 11.3. The molecule has 1 aromatic carbocycles. The Morgan fingerprint density at radius 2 is 2.29 bits per heavy atom. The van der Waals surface area contributed by atoms with Crippen LogP contribution in [0.5, 0.6) is 11.5 Å². The van der Waals surface area contributed by atoms with Crippen molar-refractivity contribution in [3.8, 4) is 11.5 Å². The van der Waals surface area contributed by atoms with Crippen LogP contribution >= 0.6 is 11.6 Å². The third-order valence-corrected chi connectivity index (χ3v) is 2.97. The molecule has 0 spiro atoms. The minimum Gasteiger partial charge on any atom is -0.503 e. The van der Waals surface area contributed by atoms with E-state index in [-0.39, 0.29) is 28.0 Å². The van der Waals surface area contributed by atoms with Gasteiger partial charge >= 0.3 is 0 Å². The van der Waals surface area contributed by atoms with E-state index < -0.39 is 0 Å². The third kappa shape index (κ3) is 3.51. The SMILES string of the molecule is COc1ccc(/C=N\Nc2nc(C)cc(=O)[nH]2)c(Cl)c1O. The van der Waals surface area contributed by atoms with Crippen LogP contribution in [-0.4, -0.2) is 28.4 Å². The van der Waals surface area contributed by atoms with Gasteiger partial charge in [0.2, 0.25) is 5.95 Å². The lowest BCUT2D eigenvalue weighted by atomic mass is 10.2. The van der Waals surface area contributed by atoms with Gasteiger partial charge in [0.25, 0.3) is 5.56 Å². The van der Waals surface area contributed by atoms with E-state index in [2.05, 4.69) is 20.5 Å². The molecule has 2 rings (SSSR count). The monoisotopic (exact) mass is 308 g/mol. The lowest BCUT2D eigenvalue weighted by molar-refractivity contribution is 0.373. The van der Waals surface area contributed by atoms with Gasteiger partial charge in [-0.25, -0.2) is 10.4 Å². The fraction of sp³-hybridized carbons (Fsp3) is 0.154. The van der Waals surface area contributed by atoms with Gasteiger partial charge in [-0.05, 0) is 19.1 Å². The van der Waals surface area contributed by atoms with Crippen molar-refractivity contribution in [1.82, 2.24) is 9.97 Å². The summed E-state index contributed by atoms with van der Waals surface area (Å²) >= 11 is 5.99. The molecule has 0 unspecified atom stereocenters. The van der Waals surface area contributed by atoms with Crippen molar-refractivity contribution in [2.24, 2.45) is 5.10 Å². The highest BCUT2D eigenvalue weighted by Gasteiger charge is 2.09. The number of phenols is 1. The number of aromatic nitrogens is 2. The molecule has 2 aromatic rings. The number of phenolic OH excluding ortho intramolecular Hbond substituents is 1. The molecule has 0 aliphatic heterocycles. The van der Waals surface area contributed by atoms with Gasteiger partial charge in [0.1, 0.15) is 0 Å². The van der Waals surface area contributed by atoms with Crippen molar-refractivity contribution in [2.45, 2.75) is 6.92 Å². The number of rotatable bonds is 4. The molecule has 7 nitrogen and oxygen atoms in total. The second-order valence-electron chi connectivity index (χ2n) is 4.13. The number of nitrogens with one attached hydrogen (secondary N) is 2. The van der Waals surface area contributed by atoms with E-state index in [9.17, 15) is 9.90 Å². The number of anilines is 1. The molecule has 0 aliphatic carbocycles. The van der Waals surface area contributed by atoms with Crippen LogP contribution in [0.3, 0.4) is 0 Å². The molecule has 8 heteroatoms. The summed E-state index contributed by atoms with van der Waals surface area (Å²) in [6.45, 7) is 1.70. The van der Waals surface area contributed by atoms with Crippen molar-refractivity contribution in [2.75, 3.05) is 12.5 Å². The average molecular weight is 309 g/mol. The highest BCUT2D eigenvalue weighted by atomic mass is 35.5. The Balaban J connectivity index is 2.18. The Morgan fingerprint density at radius 1 is 1.52 bits per heavy atom. The molecule has 0 bridgehead atoms. The number of halogens is 1. The number of hydrazone groups is 1. The predicted octanol–water partition coefficient (Wildman–Crippen LogP) is 1.89. The molecule has 0 fully saturated rings. The number of H-pyrrole nitrogens is 1. The van der Waals surface area contributed by atoms with Crippen LogP contribution in [0, 0.1) is 6.92 Å². The lowest BCUT2D eigenvalue weighted by Gasteiger charge is -2.06. The van der Waals surface area contributed by atoms with Crippen molar-refractivity contribution in [3.63, 3.8) is 0 Å². The molecule has 1 heterocycles. The third-order valence-electron chi connectivity index (χ3n) is 2.57. The van der Waals surface area contributed by atoms with E-state index in [0.29, 0.717) is 11.3 Å². The van der Waals surface area contributed by atoms with E-state index in [1.807, 2.05) is 0 Å². The van der Waals surface area contributed by atoms with Crippen molar-refractivity contribution in [1.29, 1.82) is 0 Å². The molecule has 0 aliphatic rings. The fourth-order valence-corrected chi connectivity index (χ4v) is 1.83. The highest BCUT2D eigenvalue weighted by Crippen LogP contribution is 2.35. The van der Waals surface area contributed by atoms with Crippen LogP contribution in [0.2, 0.25) is 5.02 Å². The first-order chi connectivity index (χ1) is 10.0. The van der Waals surface area contributed by atoms with Gasteiger partial charge < -0.3 is 9.84 Å². The summed E-state index contributed by atoms with van der Waals surface area (Å²) in [5.41, 5.74) is 3.35. The quantitative estimate of drug-likeness (QED) is 0.591. The van der Waals surface area contributed by atoms with Crippen molar-refractivity contribution >= 4 is 23.8 Å². The summed E-state index contributed by atoms with van der Waals surface area (Å²) in [4.78, 5) is 17.8. The molecule has 0 radical (unpaired) electrons. The van der Waals surface area contributed by atoms with E-state index in [0.717, 1.165) is 0 Å². The maximum absolute atomic E-state index is 11.3. The van der Waals surface area contributed by atoms with Crippen LogP contribution in [0.4, 0.5) is 5.95 Å². The molecule has 110 valence electrons. The zero-order valence-electron chi connectivity index (χ0n) is 11.3. The maximum Gasteiger partial charge on any atom is 0.252 e. The van der Waals surface area contributed by atoms with E-state index in [1.54, 1.807) is 19.1 Å². The van der Waals surface area contributed by atoms with Crippen LogP contribution in [0.25, 0.3) is 0 Å². The predicted molar refractivity (Wildman–Crippen MR) is 80.5 cm³/mol. The molecule has 0 amide bonds. The Labute approximate surface area is 125 Å². The molecule has 21 heavy (non-hydrogen) atoms. The van der Waals surface area contributed by atoms with Crippen molar-refractivity contribution in [3.05, 3.63) is 44.8 Å². The first-order valence-corrected chi connectivity index (χ1v) is 6.31. The minimum atomic E-state index is -0.277. The molecule has 3 N–H and O–H groups in total. The van der Waals surface area contributed by atoms with E-state index in [1.165, 1.54) is 19.4 Å². The molecule has 0 saturated heterocycles. The Bertz CT molecular complexity index is 743. The number of aromatic amines is 1. The van der Waals surface area contributed by atoms with Crippen molar-refractivity contribution < 1.29 is 9.84 Å². The van der Waals surface area contributed by atoms with Gasteiger partial charge in [-0.3, -0.25) is 9.78 Å². The summed E-state index contributed by atoms with van der Waals surface area (Å²) in [5.74, 6) is 0.324. The van der Waals surface area contributed by atoms with Gasteiger partial charge in [-0.1, -0.05) is 11.6 Å². The van der Waals surface area contributed by atoms with Gasteiger partial charge in [0.05, 0.1) is 18.3 Å². The van der Waals surface area contributed by atoms with Gasteiger partial charge in [-0.2, -0.15) is 5.10 Å². The zero-order chi connectivity index (χ0) is 15.4. The Kier molecular flexibility index (Phi) is 4.44. The van der Waals surface area contributed by atoms with Crippen LogP contribution in [0.15, 0.2) is 28.1 Å². The second kappa shape index (κ2) is 6.27. The van der Waals surface area contributed by atoms with Crippen LogP contribution in [0.1, 0.15) is 11.3 Å². The first kappa shape index (κ1) is 14.9. The summed E-state index contributed by atoms with van der Waals surface area (Å²) in [6.07, 6.45) is 1.39. The largest absolute Gasteiger partial charge is 0.503 e. The average Bonchev–Trinajstić information content (AvgIpc) is 2.43. The lowest BCUT2D eigenvalue weighted by Crippen LogP contribution is -2.10. The Hall–Kier alpha value is -2.54. The van der Waals surface area contributed by atoms with Crippen LogP contribution < -0.4 is 15.7 Å². The number of ether oxygens (including phenoxy) is 1. The molecular formula is C13H13ClN4O3. The molecule has 0 atom stereocenters. The molecular weight excluding hydrogens is 296 g/mol. The van der Waals surface area contributed by atoms with E-state index >= 15 is 0 Å². The highest BCUT2D eigenvalue weighted by molar-refractivity contribution is 6.34. The summed E-state index contributed by atoms with van der Waals surface area (Å²) in [6, 6.07) is 4.57.